The van der Waals surface area contributed by atoms with Gasteiger partial charge in [-0.1, -0.05) is 38.1 Å². The fourth-order valence-corrected chi connectivity index (χ4v) is 3.21. The van der Waals surface area contributed by atoms with Crippen LogP contribution in [0.5, 0.6) is 5.75 Å². The molecule has 0 fully saturated rings. The molecular formula is C25H24FN3O3. The number of furan rings is 1. The number of benzene rings is 2. The van der Waals surface area contributed by atoms with Crippen LogP contribution in [0.3, 0.4) is 0 Å². The van der Waals surface area contributed by atoms with E-state index in [0.717, 1.165) is 11.3 Å². The minimum atomic E-state index is -0.386. The largest absolute Gasteiger partial charge is 0.486 e. The molecule has 2 aromatic heterocycles. The number of ether oxygens (including phenoxy) is 1. The maximum Gasteiger partial charge on any atom is 0.291 e. The molecule has 1 amide bonds. The normalized spacial score (nSPS) is 11.0. The van der Waals surface area contributed by atoms with Crippen LogP contribution in [0.2, 0.25) is 0 Å². The first-order valence-electron chi connectivity index (χ1n) is 10.4. The number of aromatic nitrogens is 2. The molecule has 0 aliphatic rings. The summed E-state index contributed by atoms with van der Waals surface area (Å²) in [5.41, 5.74) is 2.54. The molecule has 1 N–H and O–H groups in total. The van der Waals surface area contributed by atoms with Crippen molar-refractivity contribution in [1.29, 1.82) is 0 Å². The highest BCUT2D eigenvalue weighted by Crippen LogP contribution is 2.20. The van der Waals surface area contributed by atoms with Gasteiger partial charge in [-0.15, -0.1) is 0 Å². The SMILES string of the molecule is CC(C)c1ccc(OCc2ccc(C(=O)Nc3cnn(Cc4cccc(F)c4)c3)o2)cc1. The molecule has 0 saturated carbocycles. The molecule has 164 valence electrons. The van der Waals surface area contributed by atoms with Crippen molar-refractivity contribution < 1.29 is 18.3 Å². The Labute approximate surface area is 185 Å². The summed E-state index contributed by atoms with van der Waals surface area (Å²) in [5.74, 6) is 1.24. The average molecular weight is 433 g/mol. The summed E-state index contributed by atoms with van der Waals surface area (Å²) in [5, 5.41) is 6.95. The molecule has 0 spiro atoms. The summed E-state index contributed by atoms with van der Waals surface area (Å²) < 4.78 is 26.3. The second kappa shape index (κ2) is 9.51. The molecule has 2 heterocycles. The Morgan fingerprint density at radius 3 is 2.72 bits per heavy atom. The monoisotopic (exact) mass is 433 g/mol. The molecule has 0 unspecified atom stereocenters. The van der Waals surface area contributed by atoms with Crippen molar-refractivity contribution in [2.75, 3.05) is 5.32 Å². The topological polar surface area (TPSA) is 69.3 Å². The predicted octanol–water partition coefficient (Wildman–Crippen LogP) is 5.62. The highest BCUT2D eigenvalue weighted by molar-refractivity contribution is 6.02. The van der Waals surface area contributed by atoms with E-state index in [-0.39, 0.29) is 24.1 Å². The lowest BCUT2D eigenvalue weighted by Crippen LogP contribution is -2.10. The van der Waals surface area contributed by atoms with E-state index in [1.165, 1.54) is 23.9 Å². The van der Waals surface area contributed by atoms with E-state index in [4.69, 9.17) is 9.15 Å². The maximum atomic E-state index is 13.3. The quantitative estimate of drug-likeness (QED) is 0.392. The standard InChI is InChI=1S/C25H24FN3O3/c1-17(2)19-6-8-22(9-7-19)31-16-23-10-11-24(32-23)25(30)28-21-13-27-29(15-21)14-18-4-3-5-20(26)12-18/h3-13,15,17H,14,16H2,1-2H3,(H,28,30). The van der Waals surface area contributed by atoms with Gasteiger partial charge < -0.3 is 14.5 Å². The van der Waals surface area contributed by atoms with E-state index in [0.29, 0.717) is 23.9 Å². The van der Waals surface area contributed by atoms with E-state index in [1.807, 2.05) is 30.3 Å². The van der Waals surface area contributed by atoms with Crippen LogP contribution in [-0.2, 0) is 13.2 Å². The van der Waals surface area contributed by atoms with Crippen molar-refractivity contribution in [3.63, 3.8) is 0 Å². The number of amides is 1. The summed E-state index contributed by atoms with van der Waals surface area (Å²) >= 11 is 0. The second-order valence-corrected chi connectivity index (χ2v) is 7.79. The number of hydrogen-bond acceptors (Lipinski definition) is 4. The van der Waals surface area contributed by atoms with Gasteiger partial charge in [0.25, 0.3) is 5.91 Å². The summed E-state index contributed by atoms with van der Waals surface area (Å²) in [4.78, 5) is 12.5. The molecule has 2 aromatic carbocycles. The van der Waals surface area contributed by atoms with Crippen molar-refractivity contribution in [2.45, 2.75) is 32.9 Å². The third-order valence-electron chi connectivity index (χ3n) is 4.94. The predicted molar refractivity (Wildman–Crippen MR) is 119 cm³/mol. The van der Waals surface area contributed by atoms with Gasteiger partial charge in [-0.2, -0.15) is 5.10 Å². The zero-order valence-electron chi connectivity index (χ0n) is 17.9. The lowest BCUT2D eigenvalue weighted by atomic mass is 10.0. The Balaban J connectivity index is 1.31. The Bertz CT molecular complexity index is 1200. The second-order valence-electron chi connectivity index (χ2n) is 7.79. The number of halogens is 1. The van der Waals surface area contributed by atoms with Crippen LogP contribution in [0, 0.1) is 5.82 Å². The maximum absolute atomic E-state index is 13.3. The van der Waals surface area contributed by atoms with E-state index < -0.39 is 0 Å². The molecule has 0 radical (unpaired) electrons. The van der Waals surface area contributed by atoms with Crippen molar-refractivity contribution in [1.82, 2.24) is 9.78 Å². The molecular weight excluding hydrogens is 409 g/mol. The van der Waals surface area contributed by atoms with Crippen LogP contribution in [0.1, 0.15) is 47.2 Å². The molecule has 32 heavy (non-hydrogen) atoms. The van der Waals surface area contributed by atoms with Gasteiger partial charge in [0.15, 0.2) is 5.76 Å². The number of hydrogen-bond donors (Lipinski definition) is 1. The average Bonchev–Trinajstić information content (AvgIpc) is 3.42. The Kier molecular flexibility index (Phi) is 6.35. The van der Waals surface area contributed by atoms with Gasteiger partial charge in [0.2, 0.25) is 0 Å². The third-order valence-corrected chi connectivity index (χ3v) is 4.94. The van der Waals surface area contributed by atoms with Crippen LogP contribution in [-0.4, -0.2) is 15.7 Å². The Morgan fingerprint density at radius 2 is 1.97 bits per heavy atom. The zero-order valence-corrected chi connectivity index (χ0v) is 17.9. The third kappa shape index (κ3) is 5.43. The van der Waals surface area contributed by atoms with Gasteiger partial charge in [0.05, 0.1) is 18.4 Å². The number of nitrogens with zero attached hydrogens (tertiary/aromatic N) is 2. The van der Waals surface area contributed by atoms with E-state index in [2.05, 4.69) is 24.3 Å². The smallest absolute Gasteiger partial charge is 0.291 e. The fourth-order valence-electron chi connectivity index (χ4n) is 3.21. The summed E-state index contributed by atoms with van der Waals surface area (Å²) in [6.07, 6.45) is 3.21. The lowest BCUT2D eigenvalue weighted by molar-refractivity contribution is 0.0992. The molecule has 0 aliphatic heterocycles. The van der Waals surface area contributed by atoms with Crippen LogP contribution in [0.25, 0.3) is 0 Å². The summed E-state index contributed by atoms with van der Waals surface area (Å²) in [6, 6.07) is 17.5. The lowest BCUT2D eigenvalue weighted by Gasteiger charge is -2.08. The highest BCUT2D eigenvalue weighted by Gasteiger charge is 2.13. The van der Waals surface area contributed by atoms with Gasteiger partial charge in [0.1, 0.15) is 23.9 Å². The van der Waals surface area contributed by atoms with Crippen molar-refractivity contribution in [3.8, 4) is 5.75 Å². The van der Waals surface area contributed by atoms with Crippen LogP contribution < -0.4 is 10.1 Å². The number of nitrogens with one attached hydrogen (secondary N) is 1. The van der Waals surface area contributed by atoms with Crippen LogP contribution in [0.15, 0.2) is 77.5 Å². The number of carbonyl (C=O) groups excluding carboxylic acids is 1. The number of carbonyl (C=O) groups is 1. The number of rotatable bonds is 8. The molecule has 7 heteroatoms. The Morgan fingerprint density at radius 1 is 1.16 bits per heavy atom. The first kappa shape index (κ1) is 21.4. The molecule has 0 bridgehead atoms. The van der Waals surface area contributed by atoms with E-state index >= 15 is 0 Å². The first-order valence-corrected chi connectivity index (χ1v) is 10.4. The van der Waals surface area contributed by atoms with Crippen molar-refractivity contribution >= 4 is 11.6 Å². The van der Waals surface area contributed by atoms with E-state index in [1.54, 1.807) is 29.1 Å². The van der Waals surface area contributed by atoms with Crippen LogP contribution >= 0.6 is 0 Å². The molecule has 0 saturated heterocycles. The minimum absolute atomic E-state index is 0.177. The van der Waals surface area contributed by atoms with Gasteiger partial charge >= 0.3 is 0 Å². The molecule has 4 rings (SSSR count). The molecule has 0 atom stereocenters. The Hall–Kier alpha value is -3.87. The van der Waals surface area contributed by atoms with E-state index in [9.17, 15) is 9.18 Å². The van der Waals surface area contributed by atoms with Gasteiger partial charge in [0, 0.05) is 6.20 Å². The highest BCUT2D eigenvalue weighted by atomic mass is 19.1. The number of anilines is 1. The van der Waals surface area contributed by atoms with Crippen molar-refractivity contribution in [2.24, 2.45) is 0 Å². The zero-order chi connectivity index (χ0) is 22.5. The minimum Gasteiger partial charge on any atom is -0.486 e. The van der Waals surface area contributed by atoms with Crippen molar-refractivity contribution in [3.05, 3.63) is 102 Å². The van der Waals surface area contributed by atoms with Gasteiger partial charge in [-0.05, 0) is 53.4 Å². The van der Waals surface area contributed by atoms with Gasteiger partial charge in [-0.3, -0.25) is 9.48 Å². The summed E-state index contributed by atoms with van der Waals surface area (Å²) in [7, 11) is 0. The summed E-state index contributed by atoms with van der Waals surface area (Å²) in [6.45, 7) is 4.90. The first-order chi connectivity index (χ1) is 15.5. The molecule has 0 aliphatic carbocycles. The van der Waals surface area contributed by atoms with Crippen LogP contribution in [0.4, 0.5) is 10.1 Å². The fraction of sp³-hybridized carbons (Fsp3) is 0.200. The molecule has 6 nitrogen and oxygen atoms in total. The molecule has 4 aromatic rings. The van der Waals surface area contributed by atoms with Gasteiger partial charge in [-0.25, -0.2) is 4.39 Å².